The van der Waals surface area contributed by atoms with Crippen LogP contribution < -0.4 is 25.0 Å². The quantitative estimate of drug-likeness (QED) is 0.432. The van der Waals surface area contributed by atoms with Crippen molar-refractivity contribution >= 4 is 38.8 Å². The summed E-state index contributed by atoms with van der Waals surface area (Å²) in [5.41, 5.74) is 1.86. The molecule has 12 nitrogen and oxygen atoms in total. The number of hydrogen-bond donors (Lipinski definition) is 2. The number of carbonyl (C=O) groups excluding carboxylic acids is 1. The van der Waals surface area contributed by atoms with Crippen LogP contribution >= 0.6 is 0 Å². The van der Waals surface area contributed by atoms with Gasteiger partial charge in [0.25, 0.3) is 5.88 Å². The third kappa shape index (κ3) is 5.94. The molecule has 3 aromatic heterocycles. The number of anilines is 4. The number of rotatable bonds is 7. The van der Waals surface area contributed by atoms with Gasteiger partial charge in [0.1, 0.15) is 18.0 Å². The molecular weight excluding hydrogens is 536 g/mol. The number of amides is 1. The number of fused-ring (bicyclic) bond motifs is 1. The molecule has 0 radical (unpaired) electrons. The van der Waals surface area contributed by atoms with Crippen molar-refractivity contribution in [1.82, 2.24) is 15.0 Å². The molecular formula is C27H32N6O6S. The first-order chi connectivity index (χ1) is 18.9. The lowest BCUT2D eigenvalue weighted by Gasteiger charge is -2.31. The van der Waals surface area contributed by atoms with E-state index in [4.69, 9.17) is 14.2 Å². The number of hydrogen-bond acceptors (Lipinski definition) is 11. The first kappa shape index (κ1) is 27.6. The summed E-state index contributed by atoms with van der Waals surface area (Å²) in [6.45, 7) is 6.94. The van der Waals surface area contributed by atoms with Crippen LogP contribution in [0.4, 0.5) is 23.0 Å². The van der Waals surface area contributed by atoms with Crippen molar-refractivity contribution < 1.29 is 27.4 Å². The summed E-state index contributed by atoms with van der Waals surface area (Å²) in [5.74, 6) is 1.24. The Balaban J connectivity index is 1.60. The van der Waals surface area contributed by atoms with Crippen molar-refractivity contribution in [3.05, 3.63) is 36.5 Å². The van der Waals surface area contributed by atoms with Gasteiger partial charge in [0.15, 0.2) is 26.4 Å². The number of ether oxygens (including phenoxy) is 3. The zero-order chi connectivity index (χ0) is 28.7. The highest BCUT2D eigenvalue weighted by Crippen LogP contribution is 2.39. The van der Waals surface area contributed by atoms with Crippen LogP contribution in [0.3, 0.4) is 0 Å². The normalized spacial score (nSPS) is 17.9. The Bertz CT molecular complexity index is 1560. The monoisotopic (exact) mass is 568 g/mol. The van der Waals surface area contributed by atoms with Crippen LogP contribution in [0.2, 0.25) is 0 Å². The standard InChI is InChI=1S/C27H32N6O6S/c1-16(34)29-23-12-20(18(13-28-23)19-6-8-22-26(31-19)38-15-27(2,3)39-22)30-25-21(33-11-10-17(14-33)37-4)7-9-24(32-25)40(5,35)36/h6-9,12-13,17H,10-11,14-15H2,1-5H3,(H2,28,29,30,32,34)/t17-/m1/s1. The summed E-state index contributed by atoms with van der Waals surface area (Å²) in [7, 11) is -1.91. The molecule has 1 saturated heterocycles. The van der Waals surface area contributed by atoms with Crippen LogP contribution in [0.25, 0.3) is 11.3 Å². The van der Waals surface area contributed by atoms with Crippen molar-refractivity contribution in [2.75, 3.05) is 48.6 Å². The maximum atomic E-state index is 12.4. The second kappa shape index (κ2) is 10.5. The molecule has 0 spiro atoms. The molecule has 3 aromatic rings. The van der Waals surface area contributed by atoms with Gasteiger partial charge in [0.05, 0.1) is 23.2 Å². The second-order valence-corrected chi connectivity index (χ2v) is 12.4. The summed E-state index contributed by atoms with van der Waals surface area (Å²) in [6, 6.07) is 8.46. The minimum atomic E-state index is -3.59. The molecule has 40 heavy (non-hydrogen) atoms. The highest BCUT2D eigenvalue weighted by molar-refractivity contribution is 7.90. The minimum Gasteiger partial charge on any atom is -0.479 e. The number of pyridine rings is 3. The van der Waals surface area contributed by atoms with E-state index in [1.807, 2.05) is 13.8 Å². The summed E-state index contributed by atoms with van der Waals surface area (Å²) in [6.07, 6.45) is 3.57. The highest BCUT2D eigenvalue weighted by Gasteiger charge is 2.30. The van der Waals surface area contributed by atoms with Crippen LogP contribution in [0.1, 0.15) is 27.2 Å². The Kier molecular flexibility index (Phi) is 7.27. The van der Waals surface area contributed by atoms with Crippen LogP contribution in [-0.4, -0.2) is 74.0 Å². The lowest BCUT2D eigenvalue weighted by molar-refractivity contribution is -0.114. The summed E-state index contributed by atoms with van der Waals surface area (Å²) < 4.78 is 42.2. The van der Waals surface area contributed by atoms with Crippen LogP contribution in [0.5, 0.6) is 11.6 Å². The summed E-state index contributed by atoms with van der Waals surface area (Å²) in [5, 5.41) is 5.93. The number of sulfone groups is 1. The van der Waals surface area contributed by atoms with E-state index in [1.54, 1.807) is 37.6 Å². The molecule has 2 aliphatic rings. The Labute approximate surface area is 233 Å². The van der Waals surface area contributed by atoms with Crippen molar-refractivity contribution in [1.29, 1.82) is 0 Å². The molecule has 2 N–H and O–H groups in total. The van der Waals surface area contributed by atoms with E-state index in [1.165, 1.54) is 13.0 Å². The third-order valence-corrected chi connectivity index (χ3v) is 7.54. The Hall–Kier alpha value is -3.97. The maximum absolute atomic E-state index is 12.4. The van der Waals surface area contributed by atoms with Gasteiger partial charge >= 0.3 is 0 Å². The largest absolute Gasteiger partial charge is 0.479 e. The Morgan fingerprint density at radius 3 is 2.70 bits per heavy atom. The molecule has 0 saturated carbocycles. The van der Waals surface area contributed by atoms with Crippen molar-refractivity contribution in [2.45, 2.75) is 43.9 Å². The number of nitrogens with one attached hydrogen (secondary N) is 2. The van der Waals surface area contributed by atoms with Crippen LogP contribution in [0.15, 0.2) is 41.6 Å². The van der Waals surface area contributed by atoms with Crippen molar-refractivity contribution in [2.24, 2.45) is 0 Å². The fourth-order valence-corrected chi connectivity index (χ4v) is 5.17. The fourth-order valence-electron chi connectivity index (χ4n) is 4.59. The first-order valence-electron chi connectivity index (χ1n) is 12.8. The third-order valence-electron chi connectivity index (χ3n) is 6.55. The molecule has 5 rings (SSSR count). The SMILES string of the molecule is CO[C@@H]1CCN(c2ccc(S(C)(=O)=O)nc2Nc2cc(NC(C)=O)ncc2-c2ccc3c(n2)OCC(C)(C)O3)C1. The predicted molar refractivity (Wildman–Crippen MR) is 150 cm³/mol. The van der Waals surface area contributed by atoms with Gasteiger partial charge in [-0.25, -0.2) is 23.4 Å². The number of aromatic nitrogens is 3. The number of carbonyl (C=O) groups is 1. The predicted octanol–water partition coefficient (Wildman–Crippen LogP) is 3.42. The van der Waals surface area contributed by atoms with Crippen LogP contribution in [-0.2, 0) is 19.4 Å². The van der Waals surface area contributed by atoms with Gasteiger partial charge < -0.3 is 29.7 Å². The zero-order valence-corrected chi connectivity index (χ0v) is 23.8. The second-order valence-electron chi connectivity index (χ2n) is 10.5. The fraction of sp³-hybridized carbons (Fsp3) is 0.407. The summed E-state index contributed by atoms with van der Waals surface area (Å²) >= 11 is 0. The molecule has 0 aliphatic carbocycles. The topological polar surface area (TPSA) is 145 Å². The number of methoxy groups -OCH3 is 1. The average Bonchev–Trinajstić information content (AvgIpc) is 3.36. The van der Waals surface area contributed by atoms with E-state index in [2.05, 4.69) is 30.5 Å². The maximum Gasteiger partial charge on any atom is 0.257 e. The molecule has 1 amide bonds. The molecule has 2 aliphatic heterocycles. The van der Waals surface area contributed by atoms with Gasteiger partial charge in [-0.15, -0.1) is 0 Å². The molecule has 13 heteroatoms. The Morgan fingerprint density at radius 1 is 1.20 bits per heavy atom. The molecule has 212 valence electrons. The molecule has 0 bridgehead atoms. The van der Waals surface area contributed by atoms with Crippen molar-refractivity contribution in [3.8, 4) is 22.9 Å². The lowest BCUT2D eigenvalue weighted by Crippen LogP contribution is -2.39. The summed E-state index contributed by atoms with van der Waals surface area (Å²) in [4.78, 5) is 27.4. The molecule has 1 fully saturated rings. The van der Waals surface area contributed by atoms with E-state index in [-0.39, 0.29) is 17.0 Å². The van der Waals surface area contributed by atoms with E-state index < -0.39 is 15.4 Å². The Morgan fingerprint density at radius 2 is 2.00 bits per heavy atom. The van der Waals surface area contributed by atoms with Gasteiger partial charge in [-0.1, -0.05) is 0 Å². The van der Waals surface area contributed by atoms with Gasteiger partial charge in [-0.05, 0) is 44.5 Å². The molecule has 0 unspecified atom stereocenters. The van der Waals surface area contributed by atoms with Gasteiger partial charge in [-0.2, -0.15) is 0 Å². The van der Waals surface area contributed by atoms with E-state index >= 15 is 0 Å². The highest BCUT2D eigenvalue weighted by atomic mass is 32.2. The van der Waals surface area contributed by atoms with E-state index in [0.29, 0.717) is 65.6 Å². The molecule has 1 atom stereocenters. The minimum absolute atomic E-state index is 0.0529. The zero-order valence-electron chi connectivity index (χ0n) is 23.0. The smallest absolute Gasteiger partial charge is 0.257 e. The molecule has 5 heterocycles. The first-order valence-corrected chi connectivity index (χ1v) is 14.7. The number of nitrogens with zero attached hydrogens (tertiary/aromatic N) is 4. The van der Waals surface area contributed by atoms with Gasteiger partial charge in [-0.3, -0.25) is 4.79 Å². The lowest BCUT2D eigenvalue weighted by atomic mass is 10.1. The van der Waals surface area contributed by atoms with Crippen molar-refractivity contribution in [3.63, 3.8) is 0 Å². The van der Waals surface area contributed by atoms with Gasteiger partial charge in [0.2, 0.25) is 5.91 Å². The molecule has 0 aromatic carbocycles. The van der Waals surface area contributed by atoms with E-state index in [0.717, 1.165) is 12.7 Å². The van der Waals surface area contributed by atoms with Crippen LogP contribution in [0, 0.1) is 0 Å². The van der Waals surface area contributed by atoms with Gasteiger partial charge in [0, 0.05) is 51.2 Å². The average molecular weight is 569 g/mol. The van der Waals surface area contributed by atoms with E-state index in [9.17, 15) is 13.2 Å².